The van der Waals surface area contributed by atoms with Gasteiger partial charge in [0.1, 0.15) is 4.90 Å². The molecule has 1 aromatic carbocycles. The van der Waals surface area contributed by atoms with Gasteiger partial charge in [0.2, 0.25) is 0 Å². The normalized spacial score (nSPS) is 19.6. The smallest absolute Gasteiger partial charge is 0.262 e. The third-order valence-corrected chi connectivity index (χ3v) is 5.24. The molecule has 0 N–H and O–H groups in total. The van der Waals surface area contributed by atoms with E-state index < -0.39 is 9.05 Å². The van der Waals surface area contributed by atoms with Crippen LogP contribution in [-0.2, 0) is 13.8 Å². The summed E-state index contributed by atoms with van der Waals surface area (Å²) in [6.07, 6.45) is 1.76. The van der Waals surface area contributed by atoms with E-state index in [0.29, 0.717) is 13.1 Å². The molecule has 21 heavy (non-hydrogen) atoms. The Bertz CT molecular complexity index is 648. The van der Waals surface area contributed by atoms with Crippen molar-refractivity contribution in [3.8, 4) is 0 Å². The van der Waals surface area contributed by atoms with E-state index in [4.69, 9.17) is 27.0 Å². The van der Waals surface area contributed by atoms with Gasteiger partial charge in [0.05, 0.1) is 11.1 Å². The van der Waals surface area contributed by atoms with Crippen LogP contribution in [0, 0.1) is 0 Å². The van der Waals surface area contributed by atoms with Crippen molar-refractivity contribution in [2.45, 2.75) is 23.8 Å². The summed E-state index contributed by atoms with van der Waals surface area (Å²) < 4.78 is 28.2. The van der Waals surface area contributed by atoms with Crippen molar-refractivity contribution in [3.05, 3.63) is 28.8 Å². The molecule has 116 valence electrons. The van der Waals surface area contributed by atoms with E-state index in [0.717, 1.165) is 12.8 Å². The molecule has 1 unspecified atom stereocenters. The number of methoxy groups -OCH3 is 1. The van der Waals surface area contributed by atoms with E-state index in [1.54, 1.807) is 12.0 Å². The predicted molar refractivity (Wildman–Crippen MR) is 80.4 cm³/mol. The summed E-state index contributed by atoms with van der Waals surface area (Å²) in [7, 11) is 2.93. The fourth-order valence-corrected chi connectivity index (χ4v) is 3.81. The van der Waals surface area contributed by atoms with Gasteiger partial charge >= 0.3 is 0 Å². The first kappa shape index (κ1) is 16.5. The van der Waals surface area contributed by atoms with Gasteiger partial charge in [-0.05, 0) is 31.0 Å². The van der Waals surface area contributed by atoms with Gasteiger partial charge in [-0.2, -0.15) is 0 Å². The molecule has 0 saturated carbocycles. The lowest BCUT2D eigenvalue weighted by Crippen LogP contribution is -2.42. The van der Waals surface area contributed by atoms with E-state index >= 15 is 0 Å². The first-order chi connectivity index (χ1) is 9.82. The number of carbonyl (C=O) groups is 1. The molecule has 0 bridgehead atoms. The standard InChI is InChI=1S/C13H15Cl2NO4S/c1-20-10-3-2-6-16(8-10)13(17)9-4-5-11(14)12(7-9)21(15,18)19/h4-5,7,10H,2-3,6,8H2,1H3. The maximum absolute atomic E-state index is 12.4. The fourth-order valence-electron chi connectivity index (χ4n) is 2.32. The van der Waals surface area contributed by atoms with Gasteiger partial charge in [-0.15, -0.1) is 0 Å². The van der Waals surface area contributed by atoms with E-state index in [1.807, 2.05) is 0 Å². The molecule has 1 aromatic rings. The van der Waals surface area contributed by atoms with E-state index in [9.17, 15) is 13.2 Å². The summed E-state index contributed by atoms with van der Waals surface area (Å²) in [5, 5.41) is -0.00466. The molecule has 8 heteroatoms. The summed E-state index contributed by atoms with van der Waals surface area (Å²) in [4.78, 5) is 13.8. The Balaban J connectivity index is 2.28. The zero-order valence-corrected chi connectivity index (χ0v) is 13.7. The Hall–Kier alpha value is -0.820. The lowest BCUT2D eigenvalue weighted by molar-refractivity contribution is 0.0269. The van der Waals surface area contributed by atoms with Gasteiger partial charge in [0.25, 0.3) is 15.0 Å². The highest BCUT2D eigenvalue weighted by Gasteiger charge is 2.25. The first-order valence-electron chi connectivity index (χ1n) is 6.39. The van der Waals surface area contributed by atoms with Crippen LogP contribution in [0.4, 0.5) is 0 Å². The number of amides is 1. The number of hydrogen-bond donors (Lipinski definition) is 0. The van der Waals surface area contributed by atoms with Crippen LogP contribution in [-0.4, -0.2) is 45.5 Å². The van der Waals surface area contributed by atoms with E-state index in [-0.39, 0.29) is 27.5 Å². The van der Waals surface area contributed by atoms with Crippen molar-refractivity contribution in [1.29, 1.82) is 0 Å². The average Bonchev–Trinajstić information content (AvgIpc) is 2.46. The molecule has 0 spiro atoms. The highest BCUT2D eigenvalue weighted by Crippen LogP contribution is 2.26. The van der Waals surface area contributed by atoms with E-state index in [2.05, 4.69) is 0 Å². The highest BCUT2D eigenvalue weighted by atomic mass is 35.7. The van der Waals surface area contributed by atoms with Crippen molar-refractivity contribution in [3.63, 3.8) is 0 Å². The number of nitrogens with zero attached hydrogens (tertiary/aromatic N) is 1. The maximum Gasteiger partial charge on any atom is 0.262 e. The fraction of sp³-hybridized carbons (Fsp3) is 0.462. The largest absolute Gasteiger partial charge is 0.380 e. The molecule has 0 aromatic heterocycles. The minimum atomic E-state index is -3.99. The van der Waals surface area contributed by atoms with Crippen molar-refractivity contribution >= 4 is 37.2 Å². The Kier molecular flexibility index (Phi) is 5.14. The van der Waals surface area contributed by atoms with Crippen LogP contribution in [0.2, 0.25) is 5.02 Å². The van der Waals surface area contributed by atoms with Crippen LogP contribution in [0.25, 0.3) is 0 Å². The Morgan fingerprint density at radius 1 is 1.43 bits per heavy atom. The van der Waals surface area contributed by atoms with Crippen molar-refractivity contribution in [2.24, 2.45) is 0 Å². The summed E-state index contributed by atoms with van der Waals surface area (Å²) in [5.41, 5.74) is 0.246. The quantitative estimate of drug-likeness (QED) is 0.785. The second-order valence-corrected chi connectivity index (χ2v) is 7.78. The molecule has 5 nitrogen and oxygen atoms in total. The number of likely N-dealkylation sites (tertiary alicyclic amines) is 1. The van der Waals surface area contributed by atoms with Crippen LogP contribution in [0.1, 0.15) is 23.2 Å². The minimum absolute atomic E-state index is 0.00466. The third-order valence-electron chi connectivity index (χ3n) is 3.44. The molecule has 1 atom stereocenters. The molecule has 1 amide bonds. The van der Waals surface area contributed by atoms with Crippen LogP contribution < -0.4 is 0 Å². The Morgan fingerprint density at radius 3 is 2.76 bits per heavy atom. The molecular weight excluding hydrogens is 337 g/mol. The SMILES string of the molecule is COC1CCCN(C(=O)c2ccc(Cl)c(S(=O)(=O)Cl)c2)C1. The summed E-state index contributed by atoms with van der Waals surface area (Å²) >= 11 is 5.81. The zero-order valence-electron chi connectivity index (χ0n) is 11.4. The van der Waals surface area contributed by atoms with Gasteiger partial charge in [-0.3, -0.25) is 4.79 Å². The second-order valence-electron chi connectivity index (χ2n) is 4.83. The summed E-state index contributed by atoms with van der Waals surface area (Å²) in [5.74, 6) is -0.255. The first-order valence-corrected chi connectivity index (χ1v) is 9.08. The molecule has 1 heterocycles. The van der Waals surface area contributed by atoms with Gasteiger partial charge in [-0.25, -0.2) is 8.42 Å². The molecule has 1 aliphatic heterocycles. The minimum Gasteiger partial charge on any atom is -0.380 e. The number of halogens is 2. The number of piperidine rings is 1. The van der Waals surface area contributed by atoms with E-state index in [1.165, 1.54) is 18.2 Å². The lowest BCUT2D eigenvalue weighted by Gasteiger charge is -2.32. The Morgan fingerprint density at radius 2 is 2.14 bits per heavy atom. The topological polar surface area (TPSA) is 63.7 Å². The molecule has 1 aliphatic rings. The van der Waals surface area contributed by atoms with Gasteiger partial charge in [0, 0.05) is 36.4 Å². The number of carbonyl (C=O) groups excluding carboxylic acids is 1. The van der Waals surface area contributed by atoms with Gasteiger partial charge in [-0.1, -0.05) is 11.6 Å². The molecule has 1 saturated heterocycles. The number of rotatable bonds is 3. The monoisotopic (exact) mass is 351 g/mol. The predicted octanol–water partition coefficient (Wildman–Crippen LogP) is 2.52. The van der Waals surface area contributed by atoms with Crippen LogP contribution >= 0.6 is 22.3 Å². The molecule has 0 radical (unpaired) electrons. The molecule has 1 fully saturated rings. The van der Waals surface area contributed by atoms with Crippen molar-refractivity contribution in [1.82, 2.24) is 4.90 Å². The maximum atomic E-state index is 12.4. The Labute approximate surface area is 133 Å². The lowest BCUT2D eigenvalue weighted by atomic mass is 10.1. The molecule has 0 aliphatic carbocycles. The molecular formula is C13H15Cl2NO4S. The average molecular weight is 352 g/mol. The number of benzene rings is 1. The zero-order chi connectivity index (χ0) is 15.6. The van der Waals surface area contributed by atoms with Crippen molar-refractivity contribution in [2.75, 3.05) is 20.2 Å². The highest BCUT2D eigenvalue weighted by molar-refractivity contribution is 8.13. The summed E-state index contributed by atoms with van der Waals surface area (Å²) in [6.45, 7) is 1.10. The number of ether oxygens (including phenoxy) is 1. The van der Waals surface area contributed by atoms with Crippen LogP contribution in [0.5, 0.6) is 0 Å². The third kappa shape index (κ3) is 3.88. The summed E-state index contributed by atoms with van der Waals surface area (Å²) in [6, 6.07) is 4.07. The van der Waals surface area contributed by atoms with Gasteiger partial charge in [0.15, 0.2) is 0 Å². The second kappa shape index (κ2) is 6.52. The van der Waals surface area contributed by atoms with Crippen LogP contribution in [0.15, 0.2) is 23.1 Å². The van der Waals surface area contributed by atoms with Crippen molar-refractivity contribution < 1.29 is 17.9 Å². The molecule has 2 rings (SSSR count). The number of hydrogen-bond acceptors (Lipinski definition) is 4. The van der Waals surface area contributed by atoms with Crippen LogP contribution in [0.3, 0.4) is 0 Å². The van der Waals surface area contributed by atoms with Gasteiger partial charge < -0.3 is 9.64 Å².